The van der Waals surface area contributed by atoms with Gasteiger partial charge in [0, 0.05) is 23.1 Å². The van der Waals surface area contributed by atoms with E-state index in [1.165, 1.54) is 12.1 Å². The molecule has 0 aliphatic carbocycles. The fourth-order valence-electron chi connectivity index (χ4n) is 4.03. The van der Waals surface area contributed by atoms with Crippen LogP contribution in [0.25, 0.3) is 16.7 Å². The van der Waals surface area contributed by atoms with Crippen molar-refractivity contribution in [1.82, 2.24) is 14.8 Å². The smallest absolute Gasteiger partial charge is 0.478 e. The lowest BCUT2D eigenvalue weighted by Crippen LogP contribution is -2.17. The number of hydrogen-bond donors (Lipinski definition) is 1. The van der Waals surface area contributed by atoms with Gasteiger partial charge >= 0.3 is 6.36 Å². The highest BCUT2D eigenvalue weighted by Crippen LogP contribution is 2.32. The van der Waals surface area contributed by atoms with E-state index in [-0.39, 0.29) is 18.1 Å². The van der Waals surface area contributed by atoms with Gasteiger partial charge in [0.15, 0.2) is 5.65 Å². The van der Waals surface area contributed by atoms with Crippen molar-refractivity contribution in [3.05, 3.63) is 71.4 Å². The van der Waals surface area contributed by atoms with Crippen LogP contribution in [-0.2, 0) is 11.2 Å². The molecule has 0 aliphatic rings. The summed E-state index contributed by atoms with van der Waals surface area (Å²) in [6.07, 6.45) is -4.28. The summed E-state index contributed by atoms with van der Waals surface area (Å²) in [4.78, 5) is 17.4. The van der Waals surface area contributed by atoms with Crippen molar-refractivity contribution in [3.8, 4) is 17.3 Å². The Hall–Kier alpha value is -4.08. The number of nitrogens with zero attached hydrogens (tertiary/aromatic N) is 3. The second kappa shape index (κ2) is 10.3. The second-order valence-electron chi connectivity index (χ2n) is 8.11. The molecule has 188 valence electrons. The van der Waals surface area contributed by atoms with Gasteiger partial charge in [0.1, 0.15) is 5.75 Å². The number of aryl methyl sites for hydroxylation is 2. The Morgan fingerprint density at radius 2 is 1.75 bits per heavy atom. The number of amides is 1. The number of halogens is 3. The minimum absolute atomic E-state index is 0.126. The number of para-hydroxylation sites is 1. The molecule has 0 saturated heterocycles. The van der Waals surface area contributed by atoms with E-state index in [1.54, 1.807) is 4.68 Å². The van der Waals surface area contributed by atoms with Crippen LogP contribution in [0.3, 0.4) is 0 Å². The van der Waals surface area contributed by atoms with Crippen LogP contribution in [0, 0.1) is 13.8 Å². The maximum Gasteiger partial charge on any atom is 0.573 e. The number of pyridine rings is 1. The molecular weight excluding hydrogens is 473 g/mol. The maximum absolute atomic E-state index is 12.6. The summed E-state index contributed by atoms with van der Waals surface area (Å²) in [5, 5.41) is 8.28. The number of anilines is 1. The Bertz CT molecular complexity index is 1370. The average Bonchev–Trinajstić information content (AvgIpc) is 3.16. The van der Waals surface area contributed by atoms with Gasteiger partial charge in [0.2, 0.25) is 11.8 Å². The van der Waals surface area contributed by atoms with Crippen LogP contribution >= 0.6 is 0 Å². The predicted molar refractivity (Wildman–Crippen MR) is 130 cm³/mol. The Morgan fingerprint density at radius 1 is 1.06 bits per heavy atom. The molecule has 0 unspecified atom stereocenters. The highest BCUT2D eigenvalue weighted by molar-refractivity contribution is 5.91. The van der Waals surface area contributed by atoms with E-state index in [1.807, 2.05) is 51.1 Å². The van der Waals surface area contributed by atoms with Gasteiger partial charge in [0.25, 0.3) is 0 Å². The van der Waals surface area contributed by atoms with Gasteiger partial charge in [-0.1, -0.05) is 18.2 Å². The molecule has 10 heteroatoms. The van der Waals surface area contributed by atoms with Gasteiger partial charge in [-0.2, -0.15) is 10.1 Å². The first-order chi connectivity index (χ1) is 17.2. The largest absolute Gasteiger partial charge is 0.573 e. The zero-order valence-corrected chi connectivity index (χ0v) is 20.0. The first kappa shape index (κ1) is 25.0. The molecule has 2 heterocycles. The van der Waals surface area contributed by atoms with Gasteiger partial charge in [-0.3, -0.25) is 4.79 Å². The summed E-state index contributed by atoms with van der Waals surface area (Å²) >= 11 is 0. The molecular formula is C26H25F3N4O3. The lowest BCUT2D eigenvalue weighted by atomic mass is 10.0. The molecule has 2 aromatic heterocycles. The highest BCUT2D eigenvalue weighted by Gasteiger charge is 2.31. The fraction of sp³-hybridized carbons (Fsp3) is 0.269. The molecule has 7 nitrogen and oxygen atoms in total. The Balaban J connectivity index is 1.55. The molecule has 0 atom stereocenters. The third-order valence-electron chi connectivity index (χ3n) is 5.58. The number of aromatic nitrogens is 3. The van der Waals surface area contributed by atoms with E-state index in [0.29, 0.717) is 30.2 Å². The van der Waals surface area contributed by atoms with E-state index in [9.17, 15) is 18.0 Å². The van der Waals surface area contributed by atoms with Crippen LogP contribution in [0.2, 0.25) is 0 Å². The number of rotatable bonds is 8. The molecule has 2 aromatic carbocycles. The van der Waals surface area contributed by atoms with Gasteiger partial charge in [-0.15, -0.1) is 13.2 Å². The van der Waals surface area contributed by atoms with Crippen LogP contribution in [0.4, 0.5) is 18.9 Å². The number of alkyl halides is 3. The molecule has 0 saturated carbocycles. The van der Waals surface area contributed by atoms with E-state index >= 15 is 0 Å². The topological polar surface area (TPSA) is 78.3 Å². The maximum atomic E-state index is 12.6. The van der Waals surface area contributed by atoms with Crippen molar-refractivity contribution in [3.63, 3.8) is 0 Å². The minimum atomic E-state index is -4.77. The summed E-state index contributed by atoms with van der Waals surface area (Å²) in [6, 6.07) is 14.7. The first-order valence-corrected chi connectivity index (χ1v) is 11.4. The van der Waals surface area contributed by atoms with Crippen LogP contribution in [-0.4, -0.2) is 33.6 Å². The van der Waals surface area contributed by atoms with Crippen molar-refractivity contribution >= 4 is 22.6 Å². The van der Waals surface area contributed by atoms with Crippen molar-refractivity contribution in [1.29, 1.82) is 0 Å². The normalized spacial score (nSPS) is 11.5. The van der Waals surface area contributed by atoms with E-state index < -0.39 is 6.36 Å². The summed E-state index contributed by atoms with van der Waals surface area (Å²) in [7, 11) is 0. The number of nitrogens with one attached hydrogen (secondary N) is 1. The fourth-order valence-corrected chi connectivity index (χ4v) is 4.03. The molecule has 4 rings (SSSR count). The van der Waals surface area contributed by atoms with Crippen molar-refractivity contribution in [2.24, 2.45) is 0 Å². The second-order valence-corrected chi connectivity index (χ2v) is 8.11. The van der Waals surface area contributed by atoms with E-state index in [2.05, 4.69) is 15.2 Å². The molecule has 4 aromatic rings. The van der Waals surface area contributed by atoms with Crippen molar-refractivity contribution in [2.45, 2.75) is 40.0 Å². The Morgan fingerprint density at radius 3 is 2.39 bits per heavy atom. The Labute approximate surface area is 205 Å². The first-order valence-electron chi connectivity index (χ1n) is 11.4. The van der Waals surface area contributed by atoms with E-state index in [0.717, 1.165) is 40.0 Å². The molecule has 0 fully saturated rings. The van der Waals surface area contributed by atoms with Gasteiger partial charge in [-0.25, -0.2) is 4.68 Å². The quantitative estimate of drug-likeness (QED) is 0.327. The number of hydrogen-bond acceptors (Lipinski definition) is 5. The summed E-state index contributed by atoms with van der Waals surface area (Å²) in [5.41, 5.74) is 4.48. The van der Waals surface area contributed by atoms with Crippen LogP contribution in [0.5, 0.6) is 11.6 Å². The Kier molecular flexibility index (Phi) is 7.14. The highest BCUT2D eigenvalue weighted by atomic mass is 19.4. The lowest BCUT2D eigenvalue weighted by molar-refractivity contribution is -0.274. The minimum Gasteiger partial charge on any atom is -0.478 e. The van der Waals surface area contributed by atoms with E-state index in [4.69, 9.17) is 9.72 Å². The van der Waals surface area contributed by atoms with Crippen LogP contribution in [0.15, 0.2) is 54.6 Å². The summed E-state index contributed by atoms with van der Waals surface area (Å²) in [5.74, 6) is -0.206. The third kappa shape index (κ3) is 5.59. The van der Waals surface area contributed by atoms with Gasteiger partial charge < -0.3 is 14.8 Å². The molecule has 1 N–H and O–H groups in total. The number of ether oxygens (including phenoxy) is 2. The standard InChI is InChI=1S/C26H25F3N4O3/c1-4-35-25-21(14-15-22(34)30-18-10-12-20(13-11-18)36-26(27,28)29)16(2)23-17(3)32-33(24(23)31-25)19-8-6-5-7-9-19/h5-13H,4,14-15H2,1-3H3,(H,30,34). The SMILES string of the molecule is CCOc1nc2c(c(C)nn2-c2ccccc2)c(C)c1CCC(=O)Nc1ccc(OC(F)(F)F)cc1. The number of benzene rings is 2. The molecule has 0 radical (unpaired) electrons. The van der Waals surface area contributed by atoms with Crippen molar-refractivity contribution in [2.75, 3.05) is 11.9 Å². The lowest BCUT2D eigenvalue weighted by Gasteiger charge is -2.14. The monoisotopic (exact) mass is 498 g/mol. The average molecular weight is 499 g/mol. The number of carbonyl (C=O) groups excluding carboxylic acids is 1. The van der Waals surface area contributed by atoms with Gasteiger partial charge in [0.05, 0.1) is 18.0 Å². The summed E-state index contributed by atoms with van der Waals surface area (Å²) < 4.78 is 48.5. The number of carbonyl (C=O) groups is 1. The molecule has 36 heavy (non-hydrogen) atoms. The molecule has 0 spiro atoms. The third-order valence-corrected chi connectivity index (χ3v) is 5.58. The summed E-state index contributed by atoms with van der Waals surface area (Å²) in [6.45, 7) is 6.15. The van der Waals surface area contributed by atoms with Gasteiger partial charge in [-0.05, 0) is 69.2 Å². The van der Waals surface area contributed by atoms with Crippen molar-refractivity contribution < 1.29 is 27.4 Å². The molecule has 1 amide bonds. The molecule has 0 aliphatic heterocycles. The zero-order chi connectivity index (χ0) is 25.9. The molecule has 0 bridgehead atoms. The predicted octanol–water partition coefficient (Wildman–Crippen LogP) is 5.91. The zero-order valence-electron chi connectivity index (χ0n) is 20.0. The van der Waals surface area contributed by atoms with Crippen LogP contribution < -0.4 is 14.8 Å². The number of fused-ring (bicyclic) bond motifs is 1. The van der Waals surface area contributed by atoms with Crippen LogP contribution in [0.1, 0.15) is 30.2 Å².